The summed E-state index contributed by atoms with van der Waals surface area (Å²) in [6, 6.07) is 6.31. The third kappa shape index (κ3) is 25.9. The van der Waals surface area contributed by atoms with Crippen LogP contribution in [-0.2, 0) is 21.1 Å². The number of hydrogen-bond donors (Lipinski definition) is 0. The second-order valence-corrected chi connectivity index (χ2v) is 11.5. The molecule has 0 saturated carbocycles. The maximum atomic E-state index is 11.3. The predicted octanol–water partition coefficient (Wildman–Crippen LogP) is 9.03. The van der Waals surface area contributed by atoms with Gasteiger partial charge in [-0.05, 0) is 17.4 Å². The van der Waals surface area contributed by atoms with Gasteiger partial charge in [-0.15, -0.1) is 0 Å². The number of rotatable bonds is 23. The molecule has 0 aliphatic rings. The van der Waals surface area contributed by atoms with Gasteiger partial charge in [0.2, 0.25) is 0 Å². The summed E-state index contributed by atoms with van der Waals surface area (Å²) in [5, 5.41) is 0. The van der Waals surface area contributed by atoms with Crippen LogP contribution in [0.3, 0.4) is 0 Å². The van der Waals surface area contributed by atoms with E-state index in [1.54, 1.807) is 0 Å². The van der Waals surface area contributed by atoms with E-state index in [4.69, 9.17) is 0 Å². The molecule has 0 aliphatic heterocycles. The molecule has 35 heavy (non-hydrogen) atoms. The minimum atomic E-state index is -3.88. The maximum Gasteiger partial charge on any atom is 0.297 e. The van der Waals surface area contributed by atoms with Crippen LogP contribution in [0.1, 0.15) is 142 Å². The largest absolute Gasteiger partial charge is 0.297 e. The molecule has 0 spiro atoms. The summed E-state index contributed by atoms with van der Waals surface area (Å²) >= 11 is 0. The number of aryl methyl sites for hydroxylation is 1. The van der Waals surface area contributed by atoms with Crippen LogP contribution < -0.4 is 4.57 Å². The second kappa shape index (κ2) is 26.1. The molecule has 4 nitrogen and oxygen atoms in total. The zero-order chi connectivity index (χ0) is 25.9. The van der Waals surface area contributed by atoms with E-state index in [0.717, 1.165) is 25.7 Å². The highest BCUT2D eigenvalue weighted by Crippen LogP contribution is 2.13. The third-order valence-electron chi connectivity index (χ3n) is 6.39. The van der Waals surface area contributed by atoms with Gasteiger partial charge in [0.1, 0.15) is 6.54 Å². The smallest absolute Gasteiger partial charge is 0.205 e. The molecular weight excluding hydrogens is 461 g/mol. The molecule has 0 bridgehead atoms. The zero-order valence-electron chi connectivity index (χ0n) is 22.9. The Morgan fingerprint density at radius 1 is 0.571 bits per heavy atom. The summed E-state index contributed by atoms with van der Waals surface area (Å²) in [7, 11) is -3.88. The van der Waals surface area contributed by atoms with Crippen LogP contribution in [0.25, 0.3) is 0 Å². The number of unbranched alkanes of at least 4 members (excludes halogenated alkanes) is 18. The van der Waals surface area contributed by atoms with Crippen molar-refractivity contribution in [3.8, 4) is 0 Å². The standard InChI is InChI=1S/C21H38N.C8H17FO3S/c1-2-3-4-5-6-7-8-9-10-11-12-13-14-16-19-22-20-17-15-18-21-22;1-2-3-4-5-6-7-8-13(10,11)12-9/h15,17-18,20-21H,2-14,16,19H2,1H3;2-8H2,1H3/q+1;. The number of pyridine rings is 1. The van der Waals surface area contributed by atoms with E-state index in [9.17, 15) is 12.9 Å². The summed E-state index contributed by atoms with van der Waals surface area (Å²) in [5.41, 5.74) is 0. The van der Waals surface area contributed by atoms with Crippen molar-refractivity contribution in [2.24, 2.45) is 0 Å². The molecule has 1 aromatic rings. The molecule has 0 aromatic carbocycles. The van der Waals surface area contributed by atoms with Gasteiger partial charge in [0.25, 0.3) is 10.1 Å². The molecule has 0 aliphatic carbocycles. The number of aromatic nitrogens is 1. The van der Waals surface area contributed by atoms with E-state index in [0.29, 0.717) is 6.42 Å². The Bertz CT molecular complexity index is 641. The SMILES string of the molecule is CCCCCCCCCCCCCCCC[n+]1ccccc1.CCCCCCCCS(=O)(=O)OF. The van der Waals surface area contributed by atoms with Crippen molar-refractivity contribution in [2.45, 2.75) is 149 Å². The summed E-state index contributed by atoms with van der Waals surface area (Å²) in [6.45, 7) is 5.58. The lowest BCUT2D eigenvalue weighted by Crippen LogP contribution is -2.32. The molecule has 1 aromatic heterocycles. The molecular formula is C29H55FNO3S+. The van der Waals surface area contributed by atoms with Crippen LogP contribution >= 0.6 is 0 Å². The normalized spacial score (nSPS) is 11.3. The molecule has 0 N–H and O–H groups in total. The van der Waals surface area contributed by atoms with Crippen LogP contribution in [-0.4, -0.2) is 14.2 Å². The Morgan fingerprint density at radius 2 is 0.943 bits per heavy atom. The Hall–Kier alpha value is -1.01. The molecule has 6 heteroatoms. The zero-order valence-corrected chi connectivity index (χ0v) is 23.7. The lowest BCUT2D eigenvalue weighted by atomic mass is 10.0. The molecule has 0 unspecified atom stereocenters. The number of nitrogens with zero attached hydrogens (tertiary/aromatic N) is 1. The fraction of sp³-hybridized carbons (Fsp3) is 0.828. The Morgan fingerprint density at radius 3 is 1.34 bits per heavy atom. The molecule has 0 radical (unpaired) electrons. The van der Waals surface area contributed by atoms with Gasteiger partial charge in [-0.3, -0.25) is 0 Å². The monoisotopic (exact) mass is 516 g/mol. The molecule has 0 amide bonds. The summed E-state index contributed by atoms with van der Waals surface area (Å²) in [4.78, 5) is 0. The first-order valence-electron chi connectivity index (χ1n) is 14.5. The van der Waals surface area contributed by atoms with Crippen molar-refractivity contribution in [2.75, 3.05) is 5.75 Å². The Kier molecular flexibility index (Phi) is 25.3. The van der Waals surface area contributed by atoms with Crippen molar-refractivity contribution < 1.29 is 21.9 Å². The van der Waals surface area contributed by atoms with Crippen molar-refractivity contribution in [1.29, 1.82) is 0 Å². The van der Waals surface area contributed by atoms with Crippen LogP contribution in [0.2, 0.25) is 0 Å². The van der Waals surface area contributed by atoms with Gasteiger partial charge in [-0.25, -0.2) is 4.57 Å². The lowest BCUT2D eigenvalue weighted by Gasteiger charge is -2.02. The Labute approximate surface area is 217 Å². The summed E-state index contributed by atoms with van der Waals surface area (Å²) in [5.74, 6) is -0.213. The topological polar surface area (TPSA) is 47.2 Å². The van der Waals surface area contributed by atoms with Crippen molar-refractivity contribution >= 4 is 10.1 Å². The average molecular weight is 517 g/mol. The number of halogens is 1. The molecule has 206 valence electrons. The maximum absolute atomic E-state index is 11.3. The van der Waals surface area contributed by atoms with Crippen LogP contribution in [0, 0.1) is 0 Å². The summed E-state index contributed by atoms with van der Waals surface area (Å²) in [6.07, 6.45) is 30.2. The Balaban J connectivity index is 0.000000761. The fourth-order valence-corrected chi connectivity index (χ4v) is 4.78. The van der Waals surface area contributed by atoms with Gasteiger partial charge >= 0.3 is 0 Å². The minimum absolute atomic E-state index is 0.213. The highest BCUT2D eigenvalue weighted by molar-refractivity contribution is 7.86. The van der Waals surface area contributed by atoms with Crippen LogP contribution in [0.5, 0.6) is 0 Å². The first kappa shape index (κ1) is 34.0. The van der Waals surface area contributed by atoms with E-state index < -0.39 is 10.1 Å². The summed E-state index contributed by atoms with van der Waals surface area (Å²) < 4.78 is 37.4. The van der Waals surface area contributed by atoms with E-state index in [1.165, 1.54) is 103 Å². The lowest BCUT2D eigenvalue weighted by molar-refractivity contribution is -0.697. The molecule has 1 heterocycles. The van der Waals surface area contributed by atoms with Gasteiger partial charge in [-0.1, -0.05) is 133 Å². The van der Waals surface area contributed by atoms with Crippen LogP contribution in [0.4, 0.5) is 4.53 Å². The average Bonchev–Trinajstić information content (AvgIpc) is 2.87. The van der Waals surface area contributed by atoms with E-state index >= 15 is 0 Å². The van der Waals surface area contributed by atoms with Crippen molar-refractivity contribution in [3.63, 3.8) is 0 Å². The quantitative estimate of drug-likeness (QED) is 0.108. The number of hydrogen-bond acceptors (Lipinski definition) is 3. The predicted molar refractivity (Wildman–Crippen MR) is 146 cm³/mol. The van der Waals surface area contributed by atoms with Crippen molar-refractivity contribution in [1.82, 2.24) is 0 Å². The van der Waals surface area contributed by atoms with E-state index in [-0.39, 0.29) is 5.75 Å². The first-order chi connectivity index (χ1) is 17.1. The van der Waals surface area contributed by atoms with E-state index in [1.807, 2.05) is 0 Å². The first-order valence-corrected chi connectivity index (χ1v) is 16.1. The van der Waals surface area contributed by atoms with Crippen molar-refractivity contribution in [3.05, 3.63) is 30.6 Å². The molecule has 0 atom stereocenters. The molecule has 0 saturated heterocycles. The minimum Gasteiger partial charge on any atom is -0.205 e. The highest BCUT2D eigenvalue weighted by atomic mass is 32.2. The van der Waals surface area contributed by atoms with Gasteiger partial charge < -0.3 is 0 Å². The van der Waals surface area contributed by atoms with Gasteiger partial charge in [0.15, 0.2) is 12.4 Å². The molecule has 0 fully saturated rings. The highest BCUT2D eigenvalue weighted by Gasteiger charge is 2.10. The van der Waals surface area contributed by atoms with Gasteiger partial charge in [0.05, 0.1) is 5.75 Å². The second-order valence-electron chi connectivity index (χ2n) is 9.80. The third-order valence-corrected chi connectivity index (χ3v) is 7.37. The van der Waals surface area contributed by atoms with E-state index in [2.05, 4.69) is 53.4 Å². The fourth-order valence-electron chi connectivity index (χ4n) is 4.16. The van der Waals surface area contributed by atoms with Crippen LogP contribution in [0.15, 0.2) is 30.6 Å². The van der Waals surface area contributed by atoms with Gasteiger partial charge in [0, 0.05) is 18.6 Å². The van der Waals surface area contributed by atoms with Gasteiger partial charge in [-0.2, -0.15) is 8.42 Å². The molecule has 1 rings (SSSR count).